The maximum absolute atomic E-state index is 12.4. The molecule has 0 saturated heterocycles. The molecule has 7 amide bonds. The van der Waals surface area contributed by atoms with Gasteiger partial charge in [-0.1, -0.05) is 0 Å². The molecule has 0 saturated carbocycles. The van der Waals surface area contributed by atoms with Gasteiger partial charge in [-0.25, -0.2) is 0 Å². The fraction of sp³-hybridized carbons (Fsp3) is 0.524. The summed E-state index contributed by atoms with van der Waals surface area (Å²) < 4.78 is 0. The predicted octanol–water partition coefficient (Wildman–Crippen LogP) is -5.22. The van der Waals surface area contributed by atoms with Gasteiger partial charge in [-0.3, -0.25) is 48.6 Å². The highest BCUT2D eigenvalue weighted by Crippen LogP contribution is 2.06. The molecule has 1 aliphatic heterocycles. The van der Waals surface area contributed by atoms with E-state index in [0.29, 0.717) is 0 Å². The minimum absolute atomic E-state index is 0.0132. The molecule has 17 heteroatoms. The van der Waals surface area contributed by atoms with Gasteiger partial charge in [-0.15, -0.1) is 0 Å². The summed E-state index contributed by atoms with van der Waals surface area (Å²) in [5.74, 6) is -5.83. The van der Waals surface area contributed by atoms with Crippen LogP contribution >= 0.6 is 0 Å². The van der Waals surface area contributed by atoms with E-state index in [4.69, 9.17) is 10.8 Å². The number of aliphatic hydroxyl groups is 1. The Morgan fingerprint density at radius 1 is 0.868 bits per heavy atom. The molecule has 0 aliphatic carbocycles. The Morgan fingerprint density at radius 2 is 1.47 bits per heavy atom. The third-order valence-electron chi connectivity index (χ3n) is 4.86. The number of nitrogens with one attached hydrogen (secondary N) is 5. The van der Waals surface area contributed by atoms with E-state index in [9.17, 15) is 43.5 Å². The summed E-state index contributed by atoms with van der Waals surface area (Å²) in [6.07, 6.45) is 0.199. The van der Waals surface area contributed by atoms with Crippen LogP contribution in [0, 0.1) is 0 Å². The molecular formula is C21H31N7O10. The van der Waals surface area contributed by atoms with Crippen molar-refractivity contribution in [1.29, 1.82) is 0 Å². The number of carboxylic acids is 1. The molecule has 1 heterocycles. The van der Waals surface area contributed by atoms with Gasteiger partial charge in [0.15, 0.2) is 0 Å². The van der Waals surface area contributed by atoms with Gasteiger partial charge >= 0.3 is 5.97 Å². The average Bonchev–Trinajstić information content (AvgIpc) is 3.17. The first-order valence-corrected chi connectivity index (χ1v) is 11.4. The number of amides is 7. The number of rotatable bonds is 18. The molecule has 17 nitrogen and oxygen atoms in total. The first-order valence-electron chi connectivity index (χ1n) is 11.4. The molecule has 0 aromatic carbocycles. The van der Waals surface area contributed by atoms with Crippen LogP contribution in [0.4, 0.5) is 0 Å². The highest BCUT2D eigenvalue weighted by atomic mass is 16.4. The van der Waals surface area contributed by atoms with E-state index in [0.717, 1.165) is 17.1 Å². The van der Waals surface area contributed by atoms with Crippen LogP contribution in [0.5, 0.6) is 0 Å². The topological polar surface area (TPSA) is 266 Å². The Hall–Kier alpha value is -4.38. The lowest BCUT2D eigenvalue weighted by molar-refractivity contribution is -0.138. The average molecular weight is 542 g/mol. The Labute approximate surface area is 216 Å². The largest absolute Gasteiger partial charge is 0.481 e. The van der Waals surface area contributed by atoms with E-state index in [1.165, 1.54) is 0 Å². The van der Waals surface area contributed by atoms with Gasteiger partial charge in [0.2, 0.25) is 29.5 Å². The third-order valence-corrected chi connectivity index (χ3v) is 4.86. The van der Waals surface area contributed by atoms with E-state index in [1.54, 1.807) is 0 Å². The molecule has 2 unspecified atom stereocenters. The van der Waals surface area contributed by atoms with E-state index in [-0.39, 0.29) is 38.9 Å². The van der Waals surface area contributed by atoms with Crippen LogP contribution in [0.2, 0.25) is 0 Å². The number of hydrogen-bond donors (Lipinski definition) is 8. The molecule has 0 aromatic rings. The number of aliphatic hydroxyl groups excluding tert-OH is 1. The highest BCUT2D eigenvalue weighted by Gasteiger charge is 2.25. The molecule has 210 valence electrons. The van der Waals surface area contributed by atoms with Crippen molar-refractivity contribution in [2.45, 2.75) is 38.0 Å². The van der Waals surface area contributed by atoms with Crippen LogP contribution in [-0.4, -0.2) is 107 Å². The van der Waals surface area contributed by atoms with Crippen LogP contribution in [0.3, 0.4) is 0 Å². The molecule has 2 atom stereocenters. The molecule has 0 fully saturated rings. The summed E-state index contributed by atoms with van der Waals surface area (Å²) in [5.41, 5.74) is 4.90. The summed E-state index contributed by atoms with van der Waals surface area (Å²) in [7, 11) is 0. The Bertz CT molecular complexity index is 950. The summed E-state index contributed by atoms with van der Waals surface area (Å²) in [4.78, 5) is 93.8. The van der Waals surface area contributed by atoms with Gasteiger partial charge in [-0.05, 0) is 12.8 Å². The van der Waals surface area contributed by atoms with Crippen LogP contribution in [0.1, 0.15) is 25.7 Å². The zero-order chi connectivity index (χ0) is 28.7. The number of nitrogens with two attached hydrogens (primary N) is 1. The number of nitrogens with zero attached hydrogens (tertiary/aromatic N) is 1. The number of carbonyl (C=O) groups is 8. The SMILES string of the molecule is NC(=O)CNC(O)CNC(=O)CNC(=O)CNC(=O)C(CCC(=O)O)NC(=O)CCCN1C(=O)C=CC1=O. The lowest BCUT2D eigenvalue weighted by Gasteiger charge is -2.18. The fourth-order valence-corrected chi connectivity index (χ4v) is 2.95. The zero-order valence-corrected chi connectivity index (χ0v) is 20.4. The molecule has 0 aromatic heterocycles. The van der Waals surface area contributed by atoms with E-state index in [1.807, 2.05) is 0 Å². The fourth-order valence-electron chi connectivity index (χ4n) is 2.95. The van der Waals surface area contributed by atoms with E-state index < -0.39 is 79.1 Å². The van der Waals surface area contributed by atoms with Crippen LogP contribution in [0.15, 0.2) is 12.2 Å². The molecule has 1 aliphatic rings. The first-order chi connectivity index (χ1) is 17.9. The number of carboxylic acid groups (broad SMARTS) is 1. The molecule has 38 heavy (non-hydrogen) atoms. The molecule has 1 rings (SSSR count). The van der Waals surface area contributed by atoms with Gasteiger partial charge in [0.1, 0.15) is 12.3 Å². The van der Waals surface area contributed by atoms with Gasteiger partial charge < -0.3 is 37.2 Å². The van der Waals surface area contributed by atoms with Crippen molar-refractivity contribution in [2.24, 2.45) is 5.73 Å². The van der Waals surface area contributed by atoms with Crippen LogP contribution in [-0.2, 0) is 38.4 Å². The standard InChI is InChI=1S/C21H31N7O10/c22-13(29)8-23-15(31)9-24-16(32)10-25-17(33)11-26-21(38)12(3-6-20(36)37)27-14(30)2-1-7-28-18(34)4-5-19(28)35/h4-5,12,15,23,31H,1-3,6-11H2,(H2,22,29)(H,24,32)(H,25,33)(H,26,38)(H,27,30)(H,36,37). The van der Waals surface area contributed by atoms with Crippen molar-refractivity contribution in [3.8, 4) is 0 Å². The maximum atomic E-state index is 12.4. The number of hydrogen-bond acceptors (Lipinski definition) is 10. The van der Waals surface area contributed by atoms with Gasteiger partial charge in [0.25, 0.3) is 11.8 Å². The van der Waals surface area contributed by atoms with Crippen molar-refractivity contribution >= 4 is 47.3 Å². The Kier molecular flexibility index (Phi) is 13.6. The second-order valence-corrected chi connectivity index (χ2v) is 7.98. The second-order valence-electron chi connectivity index (χ2n) is 7.98. The predicted molar refractivity (Wildman–Crippen MR) is 126 cm³/mol. The second kappa shape index (κ2) is 16.4. The van der Waals surface area contributed by atoms with Gasteiger partial charge in [-0.2, -0.15) is 0 Å². The summed E-state index contributed by atoms with van der Waals surface area (Å²) in [6, 6.07) is -1.28. The van der Waals surface area contributed by atoms with Crippen molar-refractivity contribution in [2.75, 3.05) is 32.7 Å². The first kappa shape index (κ1) is 31.6. The maximum Gasteiger partial charge on any atom is 0.303 e. The normalized spacial score (nSPS) is 14.0. The van der Waals surface area contributed by atoms with Gasteiger partial charge in [0, 0.05) is 31.5 Å². The summed E-state index contributed by atoms with van der Waals surface area (Å²) >= 11 is 0. The number of carbonyl (C=O) groups excluding carboxylic acids is 7. The smallest absolute Gasteiger partial charge is 0.303 e. The third kappa shape index (κ3) is 13.1. The number of imide groups is 1. The monoisotopic (exact) mass is 541 g/mol. The lowest BCUT2D eigenvalue weighted by Crippen LogP contribution is -2.50. The van der Waals surface area contributed by atoms with Crippen molar-refractivity contribution in [3.63, 3.8) is 0 Å². The molecule has 0 spiro atoms. The zero-order valence-electron chi connectivity index (χ0n) is 20.4. The Balaban J connectivity index is 2.41. The molecule has 0 bridgehead atoms. The van der Waals surface area contributed by atoms with Crippen molar-refractivity contribution in [1.82, 2.24) is 31.5 Å². The van der Waals surface area contributed by atoms with Gasteiger partial charge in [0.05, 0.1) is 26.2 Å². The molecule has 0 radical (unpaired) electrons. The van der Waals surface area contributed by atoms with E-state index >= 15 is 0 Å². The van der Waals surface area contributed by atoms with E-state index in [2.05, 4.69) is 26.6 Å². The van der Waals surface area contributed by atoms with Crippen molar-refractivity contribution in [3.05, 3.63) is 12.2 Å². The van der Waals surface area contributed by atoms with Crippen molar-refractivity contribution < 1.29 is 48.6 Å². The lowest BCUT2D eigenvalue weighted by atomic mass is 10.1. The minimum Gasteiger partial charge on any atom is -0.481 e. The summed E-state index contributed by atoms with van der Waals surface area (Å²) in [6.45, 7) is -1.67. The number of aliphatic carboxylic acids is 1. The Morgan fingerprint density at radius 3 is 2.08 bits per heavy atom. The molecular weight excluding hydrogens is 510 g/mol. The van der Waals surface area contributed by atoms with Crippen LogP contribution in [0.25, 0.3) is 0 Å². The quantitative estimate of drug-likeness (QED) is 0.0600. The summed E-state index contributed by atoms with van der Waals surface area (Å²) in [5, 5.41) is 29.8. The minimum atomic E-state index is -1.28. The van der Waals surface area contributed by atoms with Crippen LogP contribution < -0.4 is 32.3 Å². The number of primary amides is 1. The molecule has 9 N–H and O–H groups in total. The highest BCUT2D eigenvalue weighted by molar-refractivity contribution is 6.12.